The zero-order valence-electron chi connectivity index (χ0n) is 16.2. The van der Waals surface area contributed by atoms with Gasteiger partial charge in [0.2, 0.25) is 11.8 Å². The fraction of sp³-hybridized carbons (Fsp3) is 0.474. The van der Waals surface area contributed by atoms with Crippen LogP contribution in [-0.2, 0) is 9.59 Å². The highest BCUT2D eigenvalue weighted by Gasteiger charge is 2.36. The third-order valence-electron chi connectivity index (χ3n) is 5.87. The fourth-order valence-electron chi connectivity index (χ4n) is 4.22. The Morgan fingerprint density at radius 3 is 2.69 bits per heavy atom. The van der Waals surface area contributed by atoms with Gasteiger partial charge in [-0.05, 0) is 31.0 Å². The molecule has 0 bridgehead atoms. The summed E-state index contributed by atoms with van der Waals surface area (Å²) in [5.74, 6) is 1.63. The smallest absolute Gasteiger partial charge is 0.227 e. The molecule has 5 rings (SSSR count). The molecule has 0 aliphatic carbocycles. The van der Waals surface area contributed by atoms with E-state index in [4.69, 9.17) is 0 Å². The van der Waals surface area contributed by atoms with Gasteiger partial charge >= 0.3 is 0 Å². The Bertz CT molecular complexity index is 1050. The lowest BCUT2D eigenvalue weighted by Gasteiger charge is -2.32. The fourth-order valence-corrected chi connectivity index (χ4v) is 4.22. The quantitative estimate of drug-likeness (QED) is 0.641. The molecule has 2 saturated heterocycles. The van der Waals surface area contributed by atoms with E-state index in [-0.39, 0.29) is 23.7 Å². The van der Waals surface area contributed by atoms with Crippen LogP contribution in [0.25, 0.3) is 11.5 Å². The van der Waals surface area contributed by atoms with Gasteiger partial charge < -0.3 is 9.80 Å². The summed E-state index contributed by atoms with van der Waals surface area (Å²) in [5, 5.41) is 17.5. The molecule has 150 valence electrons. The maximum atomic E-state index is 12.8. The summed E-state index contributed by atoms with van der Waals surface area (Å²) in [6.45, 7) is 1.84. The van der Waals surface area contributed by atoms with E-state index in [1.807, 2.05) is 29.3 Å². The van der Waals surface area contributed by atoms with Crippen LogP contribution in [0, 0.1) is 5.92 Å². The number of carbonyl (C=O) groups is 2. The Balaban J connectivity index is 1.31. The topological polar surface area (TPSA) is 102 Å². The van der Waals surface area contributed by atoms with E-state index in [0.29, 0.717) is 37.5 Å². The highest BCUT2D eigenvalue weighted by Crippen LogP contribution is 2.29. The molecule has 0 aromatic carbocycles. The molecule has 2 aliphatic rings. The standard InChI is InChI=1S/C19H22N8O2/c1-24-12-14(11-17(24)28)19(29)25-9-5-13(6-10-25)18-22-21-15-3-4-16(23-27(15)18)26-8-2-7-20-26/h2-4,7-8,13-14H,5-6,9-12H2,1H3. The van der Waals surface area contributed by atoms with Gasteiger partial charge in [-0.15, -0.1) is 15.3 Å². The highest BCUT2D eigenvalue weighted by molar-refractivity contribution is 5.89. The van der Waals surface area contributed by atoms with Gasteiger partial charge in [0, 0.05) is 51.4 Å². The molecule has 1 atom stereocenters. The van der Waals surface area contributed by atoms with Crippen molar-refractivity contribution in [2.24, 2.45) is 5.92 Å². The van der Waals surface area contributed by atoms with E-state index in [0.717, 1.165) is 18.7 Å². The van der Waals surface area contributed by atoms with Crippen molar-refractivity contribution in [2.75, 3.05) is 26.7 Å². The highest BCUT2D eigenvalue weighted by atomic mass is 16.2. The van der Waals surface area contributed by atoms with Crippen molar-refractivity contribution in [3.8, 4) is 5.82 Å². The number of piperidine rings is 1. The second-order valence-electron chi connectivity index (χ2n) is 7.75. The summed E-state index contributed by atoms with van der Waals surface area (Å²) in [7, 11) is 1.75. The minimum Gasteiger partial charge on any atom is -0.345 e. The Kier molecular flexibility index (Phi) is 4.26. The molecular weight excluding hydrogens is 372 g/mol. The Labute approximate surface area is 167 Å². The van der Waals surface area contributed by atoms with Crippen molar-refractivity contribution < 1.29 is 9.59 Å². The number of carbonyl (C=O) groups excluding carboxylic acids is 2. The zero-order chi connectivity index (χ0) is 20.0. The number of aromatic nitrogens is 6. The molecule has 1 unspecified atom stereocenters. The maximum Gasteiger partial charge on any atom is 0.227 e. The van der Waals surface area contributed by atoms with Crippen molar-refractivity contribution in [3.05, 3.63) is 36.4 Å². The zero-order valence-corrected chi connectivity index (χ0v) is 16.2. The number of likely N-dealkylation sites (tertiary alicyclic amines) is 2. The van der Waals surface area contributed by atoms with Crippen LogP contribution in [0.3, 0.4) is 0 Å². The van der Waals surface area contributed by atoms with Crippen molar-refractivity contribution in [3.63, 3.8) is 0 Å². The number of hydrogen-bond acceptors (Lipinski definition) is 6. The molecule has 0 radical (unpaired) electrons. The molecule has 0 saturated carbocycles. The second kappa shape index (κ2) is 6.94. The van der Waals surface area contributed by atoms with Gasteiger partial charge in [-0.2, -0.15) is 9.61 Å². The molecule has 2 aliphatic heterocycles. The van der Waals surface area contributed by atoms with Crippen LogP contribution in [0.5, 0.6) is 0 Å². The molecule has 10 nitrogen and oxygen atoms in total. The first kappa shape index (κ1) is 17.8. The van der Waals surface area contributed by atoms with Crippen LogP contribution < -0.4 is 0 Å². The van der Waals surface area contributed by atoms with Crippen LogP contribution in [-0.4, -0.2) is 77.9 Å². The van der Waals surface area contributed by atoms with E-state index in [1.165, 1.54) is 0 Å². The molecular formula is C19H22N8O2. The van der Waals surface area contributed by atoms with Crippen LogP contribution in [0.15, 0.2) is 30.6 Å². The second-order valence-corrected chi connectivity index (χ2v) is 7.75. The molecule has 3 aromatic heterocycles. The number of amides is 2. The number of rotatable bonds is 3. The molecule has 3 aromatic rings. The third kappa shape index (κ3) is 3.14. The van der Waals surface area contributed by atoms with E-state index in [1.54, 1.807) is 27.3 Å². The lowest BCUT2D eigenvalue weighted by molar-refractivity contribution is -0.136. The van der Waals surface area contributed by atoms with Crippen molar-refractivity contribution in [2.45, 2.75) is 25.2 Å². The van der Waals surface area contributed by atoms with Crippen molar-refractivity contribution >= 4 is 17.5 Å². The van der Waals surface area contributed by atoms with E-state index >= 15 is 0 Å². The first-order valence-corrected chi connectivity index (χ1v) is 9.85. The monoisotopic (exact) mass is 394 g/mol. The van der Waals surface area contributed by atoms with E-state index in [2.05, 4.69) is 20.4 Å². The summed E-state index contributed by atoms with van der Waals surface area (Å²) in [6.07, 6.45) is 5.48. The summed E-state index contributed by atoms with van der Waals surface area (Å²) in [4.78, 5) is 28.0. The molecule has 29 heavy (non-hydrogen) atoms. The lowest BCUT2D eigenvalue weighted by atomic mass is 9.94. The first-order valence-electron chi connectivity index (χ1n) is 9.85. The largest absolute Gasteiger partial charge is 0.345 e. The SMILES string of the molecule is CN1CC(C(=O)N2CCC(c3nnc4ccc(-n5cccn5)nn34)CC2)CC1=O. The maximum absolute atomic E-state index is 12.8. The Morgan fingerprint density at radius 1 is 1.17 bits per heavy atom. The van der Waals surface area contributed by atoms with Crippen LogP contribution in [0.4, 0.5) is 0 Å². The normalized spacial score (nSPS) is 20.7. The van der Waals surface area contributed by atoms with E-state index in [9.17, 15) is 9.59 Å². The van der Waals surface area contributed by atoms with Gasteiger partial charge in [0.15, 0.2) is 17.3 Å². The summed E-state index contributed by atoms with van der Waals surface area (Å²) in [5.41, 5.74) is 0.696. The third-order valence-corrected chi connectivity index (χ3v) is 5.87. The molecule has 10 heteroatoms. The van der Waals surface area contributed by atoms with Crippen molar-refractivity contribution in [1.29, 1.82) is 0 Å². The van der Waals surface area contributed by atoms with Gasteiger partial charge in [0.05, 0.1) is 5.92 Å². The van der Waals surface area contributed by atoms with Gasteiger partial charge in [0.1, 0.15) is 0 Å². The Hall–Kier alpha value is -3.30. The molecule has 0 N–H and O–H groups in total. The van der Waals surface area contributed by atoms with E-state index < -0.39 is 0 Å². The number of nitrogens with zero attached hydrogens (tertiary/aromatic N) is 8. The summed E-state index contributed by atoms with van der Waals surface area (Å²) < 4.78 is 3.48. The molecule has 2 fully saturated rings. The van der Waals surface area contributed by atoms with Crippen LogP contribution in [0.2, 0.25) is 0 Å². The average molecular weight is 394 g/mol. The Morgan fingerprint density at radius 2 is 2.00 bits per heavy atom. The predicted octanol–water partition coefficient (Wildman–Crippen LogP) is 0.494. The molecule has 0 spiro atoms. The number of hydrogen-bond donors (Lipinski definition) is 0. The first-order chi connectivity index (χ1) is 14.1. The lowest BCUT2D eigenvalue weighted by Crippen LogP contribution is -2.42. The summed E-state index contributed by atoms with van der Waals surface area (Å²) >= 11 is 0. The van der Waals surface area contributed by atoms with Crippen molar-refractivity contribution in [1.82, 2.24) is 39.4 Å². The van der Waals surface area contributed by atoms with Gasteiger partial charge in [-0.25, -0.2) is 4.68 Å². The predicted molar refractivity (Wildman–Crippen MR) is 102 cm³/mol. The van der Waals surface area contributed by atoms with Gasteiger partial charge in [-0.3, -0.25) is 9.59 Å². The molecule has 5 heterocycles. The average Bonchev–Trinajstić information content (AvgIpc) is 3.48. The van der Waals surface area contributed by atoms with Crippen LogP contribution in [0.1, 0.15) is 31.0 Å². The number of fused-ring (bicyclic) bond motifs is 1. The molecule has 2 amide bonds. The van der Waals surface area contributed by atoms with Crippen LogP contribution >= 0.6 is 0 Å². The minimum atomic E-state index is -0.212. The summed E-state index contributed by atoms with van der Waals surface area (Å²) in [6, 6.07) is 5.59. The van der Waals surface area contributed by atoms with Gasteiger partial charge in [-0.1, -0.05) is 0 Å². The minimum absolute atomic E-state index is 0.0484. The van der Waals surface area contributed by atoms with Gasteiger partial charge in [0.25, 0.3) is 0 Å².